The average molecular weight is 328 g/mol. The molecule has 0 aromatic heterocycles. The van der Waals surface area contributed by atoms with E-state index in [9.17, 15) is 4.79 Å². The second kappa shape index (κ2) is 7.29. The lowest BCUT2D eigenvalue weighted by Crippen LogP contribution is -2.19. The molecule has 1 saturated heterocycles. The van der Waals surface area contributed by atoms with Crippen LogP contribution in [-0.2, 0) is 0 Å². The molecule has 1 amide bonds. The molecule has 4 nitrogen and oxygen atoms in total. The molecule has 0 saturated carbocycles. The van der Waals surface area contributed by atoms with Crippen molar-refractivity contribution in [3.05, 3.63) is 64.7 Å². The van der Waals surface area contributed by atoms with Crippen LogP contribution in [0.5, 0.6) is 0 Å². The van der Waals surface area contributed by atoms with Gasteiger partial charge in [0.1, 0.15) is 0 Å². The molecule has 1 fully saturated rings. The fourth-order valence-corrected chi connectivity index (χ4v) is 2.81. The van der Waals surface area contributed by atoms with Crippen molar-refractivity contribution in [1.82, 2.24) is 5.43 Å². The van der Waals surface area contributed by atoms with Gasteiger partial charge in [0.25, 0.3) is 5.91 Å². The summed E-state index contributed by atoms with van der Waals surface area (Å²) < 4.78 is 0. The van der Waals surface area contributed by atoms with Crippen LogP contribution >= 0.6 is 11.6 Å². The second-order valence-electron chi connectivity index (χ2n) is 5.50. The van der Waals surface area contributed by atoms with Crippen LogP contribution in [0.4, 0.5) is 5.69 Å². The number of anilines is 1. The van der Waals surface area contributed by atoms with Gasteiger partial charge in [-0.25, -0.2) is 5.43 Å². The number of nitrogens with one attached hydrogen (secondary N) is 1. The monoisotopic (exact) mass is 327 g/mol. The Morgan fingerprint density at radius 2 is 1.87 bits per heavy atom. The third-order valence-corrected chi connectivity index (χ3v) is 4.06. The predicted octanol–water partition coefficient (Wildman–Crippen LogP) is 3.70. The number of rotatable bonds is 4. The molecule has 1 N–H and O–H groups in total. The van der Waals surface area contributed by atoms with Gasteiger partial charge in [0.2, 0.25) is 0 Å². The standard InChI is InChI=1S/C18H18ClN3O/c19-16-5-3-4-14(12-16)13-20-21-18(23)15-6-8-17(9-7-15)22-10-1-2-11-22/h3-9,12-13H,1-2,10-11H2,(H,21,23)/b20-13-. The van der Waals surface area contributed by atoms with E-state index in [2.05, 4.69) is 15.4 Å². The molecule has 0 unspecified atom stereocenters. The van der Waals surface area contributed by atoms with E-state index in [1.54, 1.807) is 18.3 Å². The Kier molecular flexibility index (Phi) is 4.93. The van der Waals surface area contributed by atoms with Crippen LogP contribution in [0.1, 0.15) is 28.8 Å². The minimum atomic E-state index is -0.226. The highest BCUT2D eigenvalue weighted by molar-refractivity contribution is 6.30. The Bertz CT molecular complexity index is 706. The SMILES string of the molecule is O=C(N/N=C\c1cccc(Cl)c1)c1ccc(N2CCCC2)cc1. The highest BCUT2D eigenvalue weighted by Gasteiger charge is 2.12. The molecule has 2 aromatic carbocycles. The Labute approximate surface area is 140 Å². The summed E-state index contributed by atoms with van der Waals surface area (Å²) in [7, 11) is 0. The maximum atomic E-state index is 12.1. The van der Waals surface area contributed by atoms with Gasteiger partial charge in [-0.1, -0.05) is 23.7 Å². The molecule has 1 aliphatic heterocycles. The fraction of sp³-hybridized carbons (Fsp3) is 0.222. The summed E-state index contributed by atoms with van der Waals surface area (Å²) in [6.45, 7) is 2.19. The summed E-state index contributed by atoms with van der Waals surface area (Å²) >= 11 is 5.90. The molecule has 0 bridgehead atoms. The number of hydrazone groups is 1. The van der Waals surface area contributed by atoms with Crippen molar-refractivity contribution in [2.75, 3.05) is 18.0 Å². The van der Waals surface area contributed by atoms with Gasteiger partial charge in [-0.15, -0.1) is 0 Å². The van der Waals surface area contributed by atoms with Gasteiger partial charge >= 0.3 is 0 Å². The highest BCUT2D eigenvalue weighted by Crippen LogP contribution is 2.20. The van der Waals surface area contributed by atoms with Crippen molar-refractivity contribution >= 4 is 29.4 Å². The van der Waals surface area contributed by atoms with Crippen molar-refractivity contribution in [1.29, 1.82) is 0 Å². The van der Waals surface area contributed by atoms with Crippen molar-refractivity contribution in [3.8, 4) is 0 Å². The van der Waals surface area contributed by atoms with Crippen LogP contribution < -0.4 is 10.3 Å². The minimum absolute atomic E-state index is 0.226. The van der Waals surface area contributed by atoms with E-state index >= 15 is 0 Å². The Hall–Kier alpha value is -2.33. The van der Waals surface area contributed by atoms with E-state index in [1.807, 2.05) is 36.4 Å². The van der Waals surface area contributed by atoms with Crippen LogP contribution in [-0.4, -0.2) is 25.2 Å². The first-order valence-electron chi connectivity index (χ1n) is 7.66. The summed E-state index contributed by atoms with van der Waals surface area (Å²) in [5.41, 5.74) is 5.13. The van der Waals surface area contributed by atoms with Crippen molar-refractivity contribution in [2.45, 2.75) is 12.8 Å². The number of hydrogen-bond donors (Lipinski definition) is 1. The minimum Gasteiger partial charge on any atom is -0.372 e. The van der Waals surface area contributed by atoms with E-state index in [4.69, 9.17) is 11.6 Å². The third kappa shape index (κ3) is 4.11. The number of benzene rings is 2. The van der Waals surface area contributed by atoms with Gasteiger partial charge < -0.3 is 4.90 Å². The van der Waals surface area contributed by atoms with E-state index in [0.717, 1.165) is 18.7 Å². The second-order valence-corrected chi connectivity index (χ2v) is 5.93. The number of halogens is 1. The van der Waals surface area contributed by atoms with Gasteiger partial charge in [-0.05, 0) is 54.8 Å². The number of carbonyl (C=O) groups excluding carboxylic acids is 1. The summed E-state index contributed by atoms with van der Waals surface area (Å²) in [6, 6.07) is 14.9. The molecule has 2 aromatic rings. The first-order chi connectivity index (χ1) is 11.2. The van der Waals surface area contributed by atoms with Gasteiger partial charge in [0.15, 0.2) is 0 Å². The van der Waals surface area contributed by atoms with E-state index in [0.29, 0.717) is 10.6 Å². The Balaban J connectivity index is 1.59. The zero-order chi connectivity index (χ0) is 16.1. The Morgan fingerprint density at radius 1 is 1.13 bits per heavy atom. The van der Waals surface area contributed by atoms with Crippen molar-refractivity contribution in [2.24, 2.45) is 5.10 Å². The molecule has 1 heterocycles. The highest BCUT2D eigenvalue weighted by atomic mass is 35.5. The zero-order valence-electron chi connectivity index (χ0n) is 12.7. The molecule has 5 heteroatoms. The molecule has 3 rings (SSSR count). The normalized spacial score (nSPS) is 14.4. The predicted molar refractivity (Wildman–Crippen MR) is 94.4 cm³/mol. The number of hydrogen-bond acceptors (Lipinski definition) is 3. The maximum Gasteiger partial charge on any atom is 0.271 e. The fourth-order valence-electron chi connectivity index (χ4n) is 2.62. The number of carbonyl (C=O) groups is 1. The smallest absolute Gasteiger partial charge is 0.271 e. The van der Waals surface area contributed by atoms with Gasteiger partial charge in [-0.2, -0.15) is 5.10 Å². The Morgan fingerprint density at radius 3 is 2.57 bits per heavy atom. The lowest BCUT2D eigenvalue weighted by atomic mass is 10.2. The van der Waals surface area contributed by atoms with Gasteiger partial charge in [0, 0.05) is 29.4 Å². The van der Waals surface area contributed by atoms with Crippen molar-refractivity contribution in [3.63, 3.8) is 0 Å². The van der Waals surface area contributed by atoms with Gasteiger partial charge in [0.05, 0.1) is 6.21 Å². The molecule has 1 aliphatic rings. The van der Waals surface area contributed by atoms with Crippen LogP contribution in [0.15, 0.2) is 53.6 Å². The van der Waals surface area contributed by atoms with E-state index < -0.39 is 0 Å². The van der Waals surface area contributed by atoms with Crippen molar-refractivity contribution < 1.29 is 4.79 Å². The first kappa shape index (κ1) is 15.6. The van der Waals surface area contributed by atoms with Crippen LogP contribution in [0, 0.1) is 0 Å². The van der Waals surface area contributed by atoms with Crippen LogP contribution in [0.2, 0.25) is 5.02 Å². The van der Waals surface area contributed by atoms with Crippen LogP contribution in [0.3, 0.4) is 0 Å². The maximum absolute atomic E-state index is 12.1. The first-order valence-corrected chi connectivity index (χ1v) is 8.04. The molecular formula is C18H18ClN3O. The van der Waals surface area contributed by atoms with E-state index in [-0.39, 0.29) is 5.91 Å². The average Bonchev–Trinajstić information content (AvgIpc) is 3.09. The van der Waals surface area contributed by atoms with Crippen LogP contribution in [0.25, 0.3) is 0 Å². The van der Waals surface area contributed by atoms with E-state index in [1.165, 1.54) is 18.5 Å². The molecule has 0 radical (unpaired) electrons. The molecule has 118 valence electrons. The molecule has 0 spiro atoms. The van der Waals surface area contributed by atoms with Gasteiger partial charge in [-0.3, -0.25) is 4.79 Å². The summed E-state index contributed by atoms with van der Waals surface area (Å²) in [4.78, 5) is 14.4. The summed E-state index contributed by atoms with van der Waals surface area (Å²) in [6.07, 6.45) is 4.04. The largest absolute Gasteiger partial charge is 0.372 e. The quantitative estimate of drug-likeness (QED) is 0.687. The number of amides is 1. The molecular weight excluding hydrogens is 310 g/mol. The summed E-state index contributed by atoms with van der Waals surface area (Å²) in [5.74, 6) is -0.226. The molecule has 0 atom stereocenters. The summed E-state index contributed by atoms with van der Waals surface area (Å²) in [5, 5.41) is 4.60. The topological polar surface area (TPSA) is 44.7 Å². The lowest BCUT2D eigenvalue weighted by Gasteiger charge is -2.17. The third-order valence-electron chi connectivity index (χ3n) is 3.83. The number of nitrogens with zero attached hydrogens (tertiary/aromatic N) is 2. The molecule has 23 heavy (non-hydrogen) atoms. The molecule has 0 aliphatic carbocycles. The zero-order valence-corrected chi connectivity index (χ0v) is 13.5. The lowest BCUT2D eigenvalue weighted by molar-refractivity contribution is 0.0955.